The number of H-pyrrole nitrogens is 1. The largest absolute Gasteiger partial charge is 0.333 e. The van der Waals surface area contributed by atoms with Crippen LogP contribution >= 0.6 is 0 Å². The standard InChI is InChI=1S/C22H20N4O2/c1-14-15(2)21(27)25-20-11-18(7-8-19(14)20)24-22(28)17-5-3-16(4-6-17)12-26-10-9-23-13-26/h3-11,13H,12H2,1-2H3,(H,24,28)(H,25,27). The number of anilines is 1. The van der Waals surface area contributed by atoms with Gasteiger partial charge in [-0.25, -0.2) is 4.98 Å². The van der Waals surface area contributed by atoms with Gasteiger partial charge in [0.2, 0.25) is 0 Å². The van der Waals surface area contributed by atoms with Gasteiger partial charge in [0.15, 0.2) is 0 Å². The highest BCUT2D eigenvalue weighted by atomic mass is 16.1. The van der Waals surface area contributed by atoms with Crippen molar-refractivity contribution in [3.05, 3.63) is 93.8 Å². The zero-order chi connectivity index (χ0) is 19.7. The van der Waals surface area contributed by atoms with Crippen molar-refractivity contribution in [2.75, 3.05) is 5.32 Å². The summed E-state index contributed by atoms with van der Waals surface area (Å²) in [5, 5.41) is 3.86. The second-order valence-corrected chi connectivity index (χ2v) is 6.85. The first kappa shape index (κ1) is 17.7. The van der Waals surface area contributed by atoms with Gasteiger partial charge in [0.1, 0.15) is 0 Å². The number of imidazole rings is 1. The van der Waals surface area contributed by atoms with E-state index in [1.54, 1.807) is 37.6 Å². The molecule has 28 heavy (non-hydrogen) atoms. The summed E-state index contributed by atoms with van der Waals surface area (Å²) in [6, 6.07) is 13.0. The summed E-state index contributed by atoms with van der Waals surface area (Å²) in [6.07, 6.45) is 5.39. The molecular formula is C22H20N4O2. The minimum absolute atomic E-state index is 0.109. The Morgan fingerprint density at radius 3 is 2.61 bits per heavy atom. The maximum Gasteiger partial charge on any atom is 0.255 e. The minimum Gasteiger partial charge on any atom is -0.333 e. The molecular weight excluding hydrogens is 352 g/mol. The molecule has 0 fully saturated rings. The summed E-state index contributed by atoms with van der Waals surface area (Å²) < 4.78 is 1.97. The third-order valence-corrected chi connectivity index (χ3v) is 4.97. The van der Waals surface area contributed by atoms with Gasteiger partial charge in [-0.15, -0.1) is 0 Å². The molecule has 0 saturated carbocycles. The van der Waals surface area contributed by atoms with Gasteiger partial charge in [0, 0.05) is 41.1 Å². The predicted molar refractivity (Wildman–Crippen MR) is 110 cm³/mol. The van der Waals surface area contributed by atoms with Crippen LogP contribution in [0, 0.1) is 13.8 Å². The Balaban J connectivity index is 1.53. The molecule has 4 rings (SSSR count). The zero-order valence-electron chi connectivity index (χ0n) is 15.7. The fourth-order valence-corrected chi connectivity index (χ4v) is 3.20. The number of nitrogens with one attached hydrogen (secondary N) is 2. The Bertz CT molecular complexity index is 1210. The van der Waals surface area contributed by atoms with Crippen molar-refractivity contribution in [1.29, 1.82) is 0 Å². The fraction of sp³-hybridized carbons (Fsp3) is 0.136. The van der Waals surface area contributed by atoms with Crippen molar-refractivity contribution in [2.24, 2.45) is 0 Å². The van der Waals surface area contributed by atoms with E-state index in [0.29, 0.717) is 28.9 Å². The Labute approximate surface area is 161 Å². The molecule has 2 heterocycles. The number of pyridine rings is 1. The van der Waals surface area contributed by atoms with Crippen LogP contribution in [0.3, 0.4) is 0 Å². The van der Waals surface area contributed by atoms with Gasteiger partial charge in [-0.3, -0.25) is 9.59 Å². The molecule has 0 spiro atoms. The lowest BCUT2D eigenvalue weighted by Crippen LogP contribution is -2.13. The minimum atomic E-state index is -0.195. The average Bonchev–Trinajstić information content (AvgIpc) is 3.19. The quantitative estimate of drug-likeness (QED) is 0.574. The molecule has 0 bridgehead atoms. The summed E-state index contributed by atoms with van der Waals surface area (Å²) in [4.78, 5) is 31.5. The smallest absolute Gasteiger partial charge is 0.255 e. The third-order valence-electron chi connectivity index (χ3n) is 4.97. The van der Waals surface area contributed by atoms with Gasteiger partial charge in [-0.05, 0) is 49.2 Å². The molecule has 0 atom stereocenters. The maximum atomic E-state index is 12.6. The molecule has 0 aliphatic carbocycles. The van der Waals surface area contributed by atoms with E-state index in [1.807, 2.05) is 42.0 Å². The van der Waals surface area contributed by atoms with Gasteiger partial charge < -0.3 is 14.9 Å². The van der Waals surface area contributed by atoms with Crippen molar-refractivity contribution in [3.63, 3.8) is 0 Å². The van der Waals surface area contributed by atoms with E-state index in [9.17, 15) is 9.59 Å². The summed E-state index contributed by atoms with van der Waals surface area (Å²) >= 11 is 0. The topological polar surface area (TPSA) is 79.8 Å². The first-order valence-corrected chi connectivity index (χ1v) is 9.00. The second kappa shape index (κ2) is 7.15. The van der Waals surface area contributed by atoms with Crippen molar-refractivity contribution in [2.45, 2.75) is 20.4 Å². The number of nitrogens with zero attached hydrogens (tertiary/aromatic N) is 2. The first-order valence-electron chi connectivity index (χ1n) is 9.00. The number of rotatable bonds is 4. The highest BCUT2D eigenvalue weighted by Crippen LogP contribution is 2.21. The lowest BCUT2D eigenvalue weighted by molar-refractivity contribution is 0.102. The number of carbonyl (C=O) groups is 1. The summed E-state index contributed by atoms with van der Waals surface area (Å²) in [6.45, 7) is 4.44. The molecule has 140 valence electrons. The number of benzene rings is 2. The molecule has 2 N–H and O–H groups in total. The number of aromatic nitrogens is 3. The predicted octanol–water partition coefficient (Wildman–Crippen LogP) is 3.64. The van der Waals surface area contributed by atoms with E-state index in [2.05, 4.69) is 15.3 Å². The van der Waals surface area contributed by atoms with Crippen molar-refractivity contribution < 1.29 is 4.79 Å². The van der Waals surface area contributed by atoms with Gasteiger partial charge in [0.25, 0.3) is 11.5 Å². The van der Waals surface area contributed by atoms with E-state index in [0.717, 1.165) is 16.5 Å². The molecule has 0 saturated heterocycles. The average molecular weight is 372 g/mol. The van der Waals surface area contributed by atoms with E-state index in [4.69, 9.17) is 0 Å². The molecule has 2 aromatic carbocycles. The van der Waals surface area contributed by atoms with E-state index >= 15 is 0 Å². The van der Waals surface area contributed by atoms with E-state index in [1.165, 1.54) is 0 Å². The number of hydrogen-bond acceptors (Lipinski definition) is 3. The Morgan fingerprint density at radius 2 is 1.89 bits per heavy atom. The fourth-order valence-electron chi connectivity index (χ4n) is 3.20. The van der Waals surface area contributed by atoms with E-state index < -0.39 is 0 Å². The van der Waals surface area contributed by atoms with Crippen LogP contribution < -0.4 is 10.9 Å². The van der Waals surface area contributed by atoms with Gasteiger partial charge in [0.05, 0.1) is 11.8 Å². The number of hydrogen-bond donors (Lipinski definition) is 2. The van der Waals surface area contributed by atoms with Crippen LogP contribution in [0.15, 0.2) is 66.0 Å². The van der Waals surface area contributed by atoms with Crippen LogP contribution in [0.4, 0.5) is 5.69 Å². The first-order chi connectivity index (χ1) is 13.5. The number of carbonyl (C=O) groups excluding carboxylic acids is 1. The zero-order valence-corrected chi connectivity index (χ0v) is 15.7. The van der Waals surface area contributed by atoms with Gasteiger partial charge >= 0.3 is 0 Å². The molecule has 0 unspecified atom stereocenters. The van der Waals surface area contributed by atoms with Crippen molar-refractivity contribution in [1.82, 2.24) is 14.5 Å². The Hall–Kier alpha value is -3.67. The van der Waals surface area contributed by atoms with Crippen LogP contribution in [-0.4, -0.2) is 20.4 Å². The van der Waals surface area contributed by atoms with Gasteiger partial charge in [-0.2, -0.15) is 0 Å². The van der Waals surface area contributed by atoms with Crippen LogP contribution in [0.2, 0.25) is 0 Å². The summed E-state index contributed by atoms with van der Waals surface area (Å²) in [5.74, 6) is -0.195. The van der Waals surface area contributed by atoms with Crippen LogP contribution in [0.25, 0.3) is 10.9 Å². The molecule has 6 nitrogen and oxygen atoms in total. The maximum absolute atomic E-state index is 12.6. The number of amides is 1. The number of fused-ring (bicyclic) bond motifs is 1. The molecule has 0 radical (unpaired) electrons. The second-order valence-electron chi connectivity index (χ2n) is 6.85. The van der Waals surface area contributed by atoms with Crippen LogP contribution in [0.1, 0.15) is 27.0 Å². The molecule has 6 heteroatoms. The normalized spacial score (nSPS) is 10.9. The molecule has 0 aliphatic rings. The summed E-state index contributed by atoms with van der Waals surface area (Å²) in [5.41, 5.74) is 4.55. The highest BCUT2D eigenvalue weighted by Gasteiger charge is 2.09. The van der Waals surface area contributed by atoms with Crippen LogP contribution in [0.5, 0.6) is 0 Å². The Kier molecular flexibility index (Phi) is 4.53. The molecule has 2 aromatic heterocycles. The Morgan fingerprint density at radius 1 is 1.11 bits per heavy atom. The third kappa shape index (κ3) is 3.44. The van der Waals surface area contributed by atoms with E-state index in [-0.39, 0.29) is 11.5 Å². The molecule has 0 aliphatic heterocycles. The molecule has 4 aromatic rings. The highest BCUT2D eigenvalue weighted by molar-refractivity contribution is 6.05. The lowest BCUT2D eigenvalue weighted by atomic mass is 10.1. The molecule has 1 amide bonds. The van der Waals surface area contributed by atoms with Crippen molar-refractivity contribution >= 4 is 22.5 Å². The SMILES string of the molecule is Cc1c(C)c2ccc(NC(=O)c3ccc(Cn4ccnc4)cc3)cc2[nH]c1=O. The summed E-state index contributed by atoms with van der Waals surface area (Å²) in [7, 11) is 0. The monoisotopic (exact) mass is 372 g/mol. The number of aryl methyl sites for hydroxylation is 1. The van der Waals surface area contributed by atoms with Crippen LogP contribution in [-0.2, 0) is 6.54 Å². The van der Waals surface area contributed by atoms with Gasteiger partial charge in [-0.1, -0.05) is 18.2 Å². The van der Waals surface area contributed by atoms with Crippen molar-refractivity contribution in [3.8, 4) is 0 Å². The lowest BCUT2D eigenvalue weighted by Gasteiger charge is -2.10. The number of aromatic amines is 1.